The summed E-state index contributed by atoms with van der Waals surface area (Å²) in [6.07, 6.45) is 1.83. The van der Waals surface area contributed by atoms with E-state index in [4.69, 9.17) is 12.2 Å². The second-order valence-electron chi connectivity index (χ2n) is 5.41. The molecule has 98 valence electrons. The van der Waals surface area contributed by atoms with Crippen molar-refractivity contribution in [2.75, 3.05) is 12.5 Å². The third-order valence-electron chi connectivity index (χ3n) is 2.97. The molecule has 0 saturated carbocycles. The Bertz CT molecular complexity index is 414. The van der Waals surface area contributed by atoms with Crippen LogP contribution >= 0.6 is 24.0 Å². The van der Waals surface area contributed by atoms with E-state index in [2.05, 4.69) is 35.6 Å². The smallest absolute Gasteiger partial charge is 0.139 e. The van der Waals surface area contributed by atoms with Gasteiger partial charge in [0.25, 0.3) is 0 Å². The average Bonchev–Trinajstić information content (AvgIpc) is 2.32. The van der Waals surface area contributed by atoms with Gasteiger partial charge in [-0.25, -0.2) is 0 Å². The molecule has 0 spiro atoms. The number of hydrogen-bond donors (Lipinski definition) is 0. The predicted octanol–water partition coefficient (Wildman–Crippen LogP) is 2.93. The Morgan fingerprint density at radius 2 is 2.17 bits per heavy atom. The van der Waals surface area contributed by atoms with Gasteiger partial charge in [-0.15, -0.1) is 0 Å². The molecule has 1 saturated heterocycles. The fraction of sp³-hybridized carbons (Fsp3) is 0.538. The molecule has 1 aromatic rings. The van der Waals surface area contributed by atoms with E-state index in [9.17, 15) is 0 Å². The average molecular weight is 281 g/mol. The van der Waals surface area contributed by atoms with E-state index in [0.29, 0.717) is 0 Å². The van der Waals surface area contributed by atoms with Crippen LogP contribution in [0, 0.1) is 0 Å². The summed E-state index contributed by atoms with van der Waals surface area (Å²) in [5, 5.41) is 0. The molecule has 3 nitrogen and oxygen atoms in total. The summed E-state index contributed by atoms with van der Waals surface area (Å²) >= 11 is 7.17. The molecule has 2 rings (SSSR count). The molecule has 2 heterocycles. The van der Waals surface area contributed by atoms with Crippen molar-refractivity contribution in [2.45, 2.75) is 32.9 Å². The second-order valence-corrected chi connectivity index (χ2v) is 6.99. The minimum atomic E-state index is 0.172. The maximum absolute atomic E-state index is 5.44. The third-order valence-corrected chi connectivity index (χ3v) is 4.53. The molecule has 0 radical (unpaired) electrons. The van der Waals surface area contributed by atoms with Crippen LogP contribution in [0.15, 0.2) is 24.4 Å². The largest absolute Gasteiger partial charge is 0.339 e. The van der Waals surface area contributed by atoms with Crippen LogP contribution < -0.4 is 0 Å². The van der Waals surface area contributed by atoms with Crippen LogP contribution in [0.1, 0.15) is 26.5 Å². The number of nitrogens with zero attached hydrogens (tertiary/aromatic N) is 3. The van der Waals surface area contributed by atoms with Gasteiger partial charge in [-0.2, -0.15) is 0 Å². The van der Waals surface area contributed by atoms with E-state index in [-0.39, 0.29) is 5.54 Å². The maximum Gasteiger partial charge on any atom is 0.139 e. The Morgan fingerprint density at radius 1 is 1.39 bits per heavy atom. The van der Waals surface area contributed by atoms with Crippen LogP contribution in [0.2, 0.25) is 0 Å². The molecular formula is C13H19N3S2. The van der Waals surface area contributed by atoms with Crippen molar-refractivity contribution in [1.29, 1.82) is 0 Å². The summed E-state index contributed by atoms with van der Waals surface area (Å²) in [6.45, 7) is 8.38. The molecule has 1 aromatic heterocycles. The van der Waals surface area contributed by atoms with E-state index in [0.717, 1.165) is 29.1 Å². The summed E-state index contributed by atoms with van der Waals surface area (Å²) in [7, 11) is 0. The van der Waals surface area contributed by atoms with Crippen molar-refractivity contribution in [3.63, 3.8) is 0 Å². The highest BCUT2D eigenvalue weighted by molar-refractivity contribution is 8.22. The molecule has 5 heteroatoms. The zero-order valence-electron chi connectivity index (χ0n) is 11.1. The van der Waals surface area contributed by atoms with Gasteiger partial charge in [0.15, 0.2) is 0 Å². The predicted molar refractivity (Wildman–Crippen MR) is 81.3 cm³/mol. The maximum atomic E-state index is 5.44. The van der Waals surface area contributed by atoms with Crippen LogP contribution in [0.4, 0.5) is 0 Å². The molecule has 0 amide bonds. The van der Waals surface area contributed by atoms with Gasteiger partial charge < -0.3 is 4.90 Å². The lowest BCUT2D eigenvalue weighted by Crippen LogP contribution is -2.52. The van der Waals surface area contributed by atoms with E-state index in [1.807, 2.05) is 24.4 Å². The zero-order chi connectivity index (χ0) is 13.2. The van der Waals surface area contributed by atoms with Gasteiger partial charge in [-0.3, -0.25) is 9.88 Å². The summed E-state index contributed by atoms with van der Waals surface area (Å²) in [6, 6.07) is 6.00. The van der Waals surface area contributed by atoms with Crippen molar-refractivity contribution in [3.8, 4) is 0 Å². The number of hydrogen-bond acceptors (Lipinski definition) is 4. The molecule has 0 unspecified atom stereocenters. The van der Waals surface area contributed by atoms with Crippen molar-refractivity contribution in [1.82, 2.24) is 14.8 Å². The highest BCUT2D eigenvalue weighted by Crippen LogP contribution is 2.26. The number of rotatable bonds is 2. The first kappa shape index (κ1) is 13.8. The van der Waals surface area contributed by atoms with Crippen molar-refractivity contribution in [2.24, 2.45) is 0 Å². The third kappa shape index (κ3) is 3.43. The lowest BCUT2D eigenvalue weighted by atomic mass is 10.1. The standard InChI is InChI=1S/C13H19N3S2/c1-13(2,3)16-9-15(12(17)18-10-16)8-11-6-4-5-7-14-11/h4-7H,8-10H2,1-3H3. The van der Waals surface area contributed by atoms with Crippen molar-refractivity contribution in [3.05, 3.63) is 30.1 Å². The zero-order valence-corrected chi connectivity index (χ0v) is 12.7. The highest BCUT2D eigenvalue weighted by atomic mass is 32.2. The first-order valence-electron chi connectivity index (χ1n) is 6.03. The van der Waals surface area contributed by atoms with Crippen molar-refractivity contribution < 1.29 is 0 Å². The normalized spacial score (nSPS) is 18.2. The lowest BCUT2D eigenvalue weighted by Gasteiger charge is -2.43. The van der Waals surface area contributed by atoms with Gasteiger partial charge in [0.05, 0.1) is 24.8 Å². The van der Waals surface area contributed by atoms with Gasteiger partial charge in [-0.05, 0) is 32.9 Å². The SMILES string of the molecule is CC(C)(C)N1CSC(=S)N(Cc2ccccn2)C1. The van der Waals surface area contributed by atoms with E-state index < -0.39 is 0 Å². The molecule has 1 fully saturated rings. The first-order chi connectivity index (χ1) is 8.47. The second kappa shape index (κ2) is 5.55. The Hall–Kier alpha value is -0.650. The van der Waals surface area contributed by atoms with Gasteiger partial charge >= 0.3 is 0 Å². The fourth-order valence-corrected chi connectivity index (χ4v) is 3.06. The van der Waals surface area contributed by atoms with Crippen molar-refractivity contribution >= 4 is 28.3 Å². The Morgan fingerprint density at radius 3 is 2.78 bits per heavy atom. The van der Waals surface area contributed by atoms with Gasteiger partial charge in [0, 0.05) is 11.7 Å². The number of aromatic nitrogens is 1. The number of pyridine rings is 1. The Kier molecular flexibility index (Phi) is 4.25. The summed E-state index contributed by atoms with van der Waals surface area (Å²) < 4.78 is 0.973. The summed E-state index contributed by atoms with van der Waals surface area (Å²) in [4.78, 5) is 9.01. The highest BCUT2D eigenvalue weighted by Gasteiger charge is 2.29. The van der Waals surface area contributed by atoms with Gasteiger partial charge in [-0.1, -0.05) is 30.0 Å². The summed E-state index contributed by atoms with van der Waals surface area (Å²) in [5.74, 6) is 0.973. The Labute approximate surface area is 119 Å². The molecule has 18 heavy (non-hydrogen) atoms. The molecular weight excluding hydrogens is 262 g/mol. The molecule has 0 aliphatic carbocycles. The quantitative estimate of drug-likeness (QED) is 0.774. The topological polar surface area (TPSA) is 19.4 Å². The monoisotopic (exact) mass is 281 g/mol. The minimum Gasteiger partial charge on any atom is -0.339 e. The molecule has 0 aromatic carbocycles. The van der Waals surface area contributed by atoms with Crippen LogP contribution in [0.25, 0.3) is 0 Å². The van der Waals surface area contributed by atoms with Crippen LogP contribution in [-0.4, -0.2) is 37.2 Å². The molecule has 0 bridgehead atoms. The molecule has 1 aliphatic heterocycles. The van der Waals surface area contributed by atoms with E-state index >= 15 is 0 Å². The van der Waals surface area contributed by atoms with Crippen LogP contribution in [0.3, 0.4) is 0 Å². The first-order valence-corrected chi connectivity index (χ1v) is 7.43. The molecule has 0 N–H and O–H groups in total. The number of thioether (sulfide) groups is 1. The number of thiocarbonyl (C=S) groups is 1. The van der Waals surface area contributed by atoms with E-state index in [1.165, 1.54) is 0 Å². The minimum absolute atomic E-state index is 0.172. The van der Waals surface area contributed by atoms with Gasteiger partial charge in [0.1, 0.15) is 4.32 Å². The van der Waals surface area contributed by atoms with Crippen LogP contribution in [0.5, 0.6) is 0 Å². The lowest BCUT2D eigenvalue weighted by molar-refractivity contribution is 0.106. The fourth-order valence-electron chi connectivity index (χ4n) is 1.74. The molecule has 0 atom stereocenters. The Balaban J connectivity index is 2.05. The van der Waals surface area contributed by atoms with E-state index in [1.54, 1.807) is 11.8 Å². The van der Waals surface area contributed by atoms with Crippen LogP contribution in [-0.2, 0) is 6.54 Å². The summed E-state index contributed by atoms with van der Waals surface area (Å²) in [5.41, 5.74) is 1.24. The van der Waals surface area contributed by atoms with Gasteiger partial charge in [0.2, 0.25) is 0 Å². The molecule has 1 aliphatic rings.